The highest BCUT2D eigenvalue weighted by Gasteiger charge is 2.32. The SMILES string of the molecule is O=C(O)C(Cl)(Cl)CCCCCCCCc1ccc(OCc2ccccc2)cc1. The first-order valence-electron chi connectivity index (χ1n) is 9.84. The fraction of sp³-hybridized carbons (Fsp3) is 0.435. The van der Waals surface area contributed by atoms with Crippen molar-refractivity contribution in [1.82, 2.24) is 0 Å². The molecule has 0 atom stereocenters. The molecule has 5 heteroatoms. The average Bonchev–Trinajstić information content (AvgIpc) is 2.70. The van der Waals surface area contributed by atoms with Crippen LogP contribution in [0.25, 0.3) is 0 Å². The molecule has 3 nitrogen and oxygen atoms in total. The van der Waals surface area contributed by atoms with E-state index in [2.05, 4.69) is 24.3 Å². The standard InChI is InChI=1S/C23H28Cl2O3/c24-23(25,22(26)27)17-9-4-2-1-3-6-10-19-13-15-21(16-14-19)28-18-20-11-7-5-8-12-20/h5,7-8,11-16H,1-4,6,9-10,17-18H2,(H,26,27). The summed E-state index contributed by atoms with van der Waals surface area (Å²) in [5.41, 5.74) is 2.49. The van der Waals surface area contributed by atoms with Gasteiger partial charge in [0.15, 0.2) is 0 Å². The number of benzene rings is 2. The van der Waals surface area contributed by atoms with E-state index in [1.54, 1.807) is 0 Å². The fourth-order valence-electron chi connectivity index (χ4n) is 2.98. The van der Waals surface area contributed by atoms with Crippen LogP contribution in [-0.2, 0) is 17.8 Å². The van der Waals surface area contributed by atoms with E-state index in [0.29, 0.717) is 13.0 Å². The summed E-state index contributed by atoms with van der Waals surface area (Å²) in [4.78, 5) is 10.8. The van der Waals surface area contributed by atoms with Crippen molar-refractivity contribution < 1.29 is 14.6 Å². The van der Waals surface area contributed by atoms with Crippen LogP contribution in [0.4, 0.5) is 0 Å². The minimum Gasteiger partial charge on any atom is -0.489 e. The summed E-state index contributed by atoms with van der Waals surface area (Å²) in [6, 6.07) is 18.5. The molecule has 0 unspecified atom stereocenters. The van der Waals surface area contributed by atoms with Crippen molar-refractivity contribution in [3.63, 3.8) is 0 Å². The Balaban J connectivity index is 1.54. The molecule has 0 radical (unpaired) electrons. The van der Waals surface area contributed by atoms with Gasteiger partial charge in [0.2, 0.25) is 4.33 Å². The van der Waals surface area contributed by atoms with Crippen LogP contribution in [0.1, 0.15) is 56.1 Å². The Morgan fingerprint density at radius 3 is 2.07 bits per heavy atom. The van der Waals surface area contributed by atoms with Gasteiger partial charge in [-0.1, -0.05) is 91.3 Å². The van der Waals surface area contributed by atoms with E-state index in [4.69, 9.17) is 33.0 Å². The Morgan fingerprint density at radius 2 is 1.43 bits per heavy atom. The van der Waals surface area contributed by atoms with Crippen molar-refractivity contribution in [3.05, 3.63) is 65.7 Å². The Kier molecular flexibility index (Phi) is 9.66. The maximum Gasteiger partial charge on any atom is 0.340 e. The molecule has 2 rings (SSSR count). The molecule has 0 heterocycles. The molecule has 0 aliphatic carbocycles. The molecule has 0 saturated carbocycles. The van der Waals surface area contributed by atoms with Gasteiger partial charge >= 0.3 is 5.97 Å². The van der Waals surface area contributed by atoms with E-state index in [9.17, 15) is 4.79 Å². The minimum atomic E-state index is -1.64. The van der Waals surface area contributed by atoms with Crippen molar-refractivity contribution >= 4 is 29.2 Å². The smallest absolute Gasteiger partial charge is 0.340 e. The number of carboxylic acids is 1. The summed E-state index contributed by atoms with van der Waals surface area (Å²) in [7, 11) is 0. The molecular weight excluding hydrogens is 395 g/mol. The minimum absolute atomic E-state index is 0.296. The lowest BCUT2D eigenvalue weighted by Gasteiger charge is -2.13. The predicted octanol–water partition coefficient (Wildman–Crippen LogP) is 6.80. The molecule has 0 amide bonds. The highest BCUT2D eigenvalue weighted by Crippen LogP contribution is 2.28. The van der Waals surface area contributed by atoms with E-state index >= 15 is 0 Å². The molecule has 0 spiro atoms. The van der Waals surface area contributed by atoms with Gasteiger partial charge in [-0.2, -0.15) is 0 Å². The van der Waals surface area contributed by atoms with Gasteiger partial charge in [0.25, 0.3) is 0 Å². The third kappa shape index (κ3) is 8.53. The quantitative estimate of drug-likeness (QED) is 0.285. The van der Waals surface area contributed by atoms with Crippen molar-refractivity contribution in [2.24, 2.45) is 0 Å². The third-order valence-corrected chi connectivity index (χ3v) is 5.39. The highest BCUT2D eigenvalue weighted by molar-refractivity contribution is 6.57. The lowest BCUT2D eigenvalue weighted by atomic mass is 10.0. The summed E-state index contributed by atoms with van der Waals surface area (Å²) in [5, 5.41) is 8.85. The largest absolute Gasteiger partial charge is 0.489 e. The molecule has 1 N–H and O–H groups in total. The molecule has 0 aliphatic heterocycles. The first-order chi connectivity index (χ1) is 13.5. The van der Waals surface area contributed by atoms with Crippen molar-refractivity contribution in [2.75, 3.05) is 0 Å². The molecule has 0 bridgehead atoms. The lowest BCUT2D eigenvalue weighted by Crippen LogP contribution is -2.25. The molecule has 0 aromatic heterocycles. The zero-order valence-electron chi connectivity index (χ0n) is 16.1. The average molecular weight is 423 g/mol. The fourth-order valence-corrected chi connectivity index (χ4v) is 3.25. The molecule has 0 fully saturated rings. The second kappa shape index (κ2) is 12.0. The lowest BCUT2D eigenvalue weighted by molar-refractivity contribution is -0.138. The normalized spacial score (nSPS) is 11.4. The number of aryl methyl sites for hydroxylation is 1. The van der Waals surface area contributed by atoms with Crippen LogP contribution in [0.15, 0.2) is 54.6 Å². The second-order valence-corrected chi connectivity index (χ2v) is 8.53. The number of rotatable bonds is 13. The van der Waals surface area contributed by atoms with Gasteiger partial charge in [-0.15, -0.1) is 0 Å². The van der Waals surface area contributed by atoms with Gasteiger partial charge in [-0.25, -0.2) is 4.79 Å². The van der Waals surface area contributed by atoms with Gasteiger partial charge in [-0.05, 0) is 48.9 Å². The van der Waals surface area contributed by atoms with Crippen LogP contribution < -0.4 is 4.74 Å². The van der Waals surface area contributed by atoms with Crippen molar-refractivity contribution in [2.45, 2.75) is 62.3 Å². The number of hydrogen-bond donors (Lipinski definition) is 1. The third-order valence-electron chi connectivity index (χ3n) is 4.69. The zero-order valence-corrected chi connectivity index (χ0v) is 17.6. The van der Waals surface area contributed by atoms with Crippen LogP contribution >= 0.6 is 23.2 Å². The first kappa shape index (κ1) is 22.6. The van der Waals surface area contributed by atoms with Gasteiger partial charge in [0.05, 0.1) is 0 Å². The van der Waals surface area contributed by atoms with Crippen molar-refractivity contribution in [3.8, 4) is 5.75 Å². The van der Waals surface area contributed by atoms with E-state index < -0.39 is 10.3 Å². The van der Waals surface area contributed by atoms with E-state index in [1.807, 2.05) is 30.3 Å². The van der Waals surface area contributed by atoms with E-state index in [1.165, 1.54) is 5.56 Å². The number of carbonyl (C=O) groups is 1. The first-order valence-corrected chi connectivity index (χ1v) is 10.6. The number of unbranched alkanes of at least 4 members (excludes halogenated alkanes) is 5. The van der Waals surface area contributed by atoms with Crippen LogP contribution in [-0.4, -0.2) is 15.4 Å². The molecule has 0 aliphatic rings. The monoisotopic (exact) mass is 422 g/mol. The molecule has 0 saturated heterocycles. The Bertz CT molecular complexity index is 700. The van der Waals surface area contributed by atoms with Crippen LogP contribution in [0.3, 0.4) is 0 Å². The van der Waals surface area contributed by atoms with Gasteiger partial charge in [0, 0.05) is 0 Å². The summed E-state index contributed by atoms with van der Waals surface area (Å²) in [5.74, 6) is -0.268. The van der Waals surface area contributed by atoms with Gasteiger partial charge in [0.1, 0.15) is 12.4 Å². The van der Waals surface area contributed by atoms with Gasteiger partial charge in [-0.3, -0.25) is 0 Å². The summed E-state index contributed by atoms with van der Waals surface area (Å²) >= 11 is 11.4. The van der Waals surface area contributed by atoms with Crippen LogP contribution in [0, 0.1) is 0 Å². The molecule has 2 aromatic carbocycles. The van der Waals surface area contributed by atoms with Crippen LogP contribution in [0.2, 0.25) is 0 Å². The zero-order chi connectivity index (χ0) is 20.2. The maximum absolute atomic E-state index is 10.8. The number of aliphatic carboxylic acids is 1. The number of alkyl halides is 2. The molecule has 152 valence electrons. The molecule has 2 aromatic rings. The maximum atomic E-state index is 10.8. The number of halogens is 2. The second-order valence-electron chi connectivity index (χ2n) is 7.05. The Labute approximate surface area is 177 Å². The van der Waals surface area contributed by atoms with E-state index in [0.717, 1.165) is 56.3 Å². The Hall–Kier alpha value is -1.71. The summed E-state index contributed by atoms with van der Waals surface area (Å²) in [6.07, 6.45) is 7.59. The molecule has 28 heavy (non-hydrogen) atoms. The molecular formula is C23H28Cl2O3. The van der Waals surface area contributed by atoms with Crippen LogP contribution in [0.5, 0.6) is 5.75 Å². The Morgan fingerprint density at radius 1 is 0.821 bits per heavy atom. The van der Waals surface area contributed by atoms with Crippen molar-refractivity contribution in [1.29, 1.82) is 0 Å². The topological polar surface area (TPSA) is 46.5 Å². The number of carboxylic acid groups (broad SMARTS) is 1. The number of hydrogen-bond acceptors (Lipinski definition) is 2. The van der Waals surface area contributed by atoms with Gasteiger partial charge < -0.3 is 9.84 Å². The number of ether oxygens (including phenoxy) is 1. The highest BCUT2D eigenvalue weighted by atomic mass is 35.5. The summed E-state index contributed by atoms with van der Waals surface area (Å²) in [6.45, 7) is 0.585. The predicted molar refractivity (Wildman–Crippen MR) is 115 cm³/mol. The van der Waals surface area contributed by atoms with E-state index in [-0.39, 0.29) is 0 Å². The summed E-state index contributed by atoms with van der Waals surface area (Å²) < 4.78 is 4.17.